The number of hydrogen-bond donors (Lipinski definition) is 1. The van der Waals surface area contributed by atoms with Gasteiger partial charge in [0.25, 0.3) is 0 Å². The summed E-state index contributed by atoms with van der Waals surface area (Å²) in [6.45, 7) is 0. The SMILES string of the molecule is COC(=O)C1C2CCC1CC(c1nc(Br)c3c(N)nccn13)C2. The number of nitrogen functional groups attached to an aromatic ring is 1. The molecule has 4 rings (SSSR count). The molecule has 2 aromatic heterocycles. The zero-order valence-electron chi connectivity index (χ0n) is 12.9. The highest BCUT2D eigenvalue weighted by atomic mass is 79.9. The van der Waals surface area contributed by atoms with E-state index in [-0.39, 0.29) is 11.9 Å². The number of methoxy groups -OCH3 is 1. The fourth-order valence-corrected chi connectivity index (χ4v) is 5.17. The number of aromatic nitrogens is 3. The highest BCUT2D eigenvalue weighted by Crippen LogP contribution is 2.52. The third kappa shape index (κ3) is 2.24. The maximum absolute atomic E-state index is 12.1. The number of hydrogen-bond acceptors (Lipinski definition) is 5. The van der Waals surface area contributed by atoms with Crippen LogP contribution in [0.2, 0.25) is 0 Å². The van der Waals surface area contributed by atoms with Crippen molar-refractivity contribution in [3.63, 3.8) is 0 Å². The Kier molecular flexibility index (Phi) is 3.55. The number of rotatable bonds is 2. The molecular weight excluding hydrogens is 360 g/mol. The number of esters is 1. The van der Waals surface area contributed by atoms with Crippen molar-refractivity contribution >= 4 is 33.2 Å². The van der Waals surface area contributed by atoms with E-state index in [4.69, 9.17) is 15.5 Å². The number of ether oxygens (including phenoxy) is 1. The molecule has 0 spiro atoms. The minimum atomic E-state index is -0.0430. The van der Waals surface area contributed by atoms with Crippen molar-refractivity contribution in [1.29, 1.82) is 0 Å². The van der Waals surface area contributed by atoms with Crippen molar-refractivity contribution in [2.45, 2.75) is 31.6 Å². The van der Waals surface area contributed by atoms with E-state index in [1.165, 1.54) is 7.11 Å². The lowest BCUT2D eigenvalue weighted by Gasteiger charge is -2.33. The van der Waals surface area contributed by atoms with Crippen molar-refractivity contribution in [1.82, 2.24) is 14.4 Å². The topological polar surface area (TPSA) is 82.5 Å². The van der Waals surface area contributed by atoms with Gasteiger partial charge in [0.1, 0.15) is 15.9 Å². The minimum absolute atomic E-state index is 0.0430. The summed E-state index contributed by atoms with van der Waals surface area (Å²) in [5.74, 6) is 2.66. The van der Waals surface area contributed by atoms with Crippen LogP contribution in [0.15, 0.2) is 17.0 Å². The van der Waals surface area contributed by atoms with Crippen LogP contribution in [0.1, 0.15) is 37.4 Å². The largest absolute Gasteiger partial charge is 0.469 e. The normalized spacial score (nSPS) is 29.8. The van der Waals surface area contributed by atoms with Gasteiger partial charge < -0.3 is 10.5 Å². The molecule has 2 aromatic rings. The van der Waals surface area contributed by atoms with Gasteiger partial charge in [0.2, 0.25) is 0 Å². The number of halogens is 1. The summed E-state index contributed by atoms with van der Waals surface area (Å²) in [4.78, 5) is 20.9. The molecule has 6 nitrogen and oxygen atoms in total. The minimum Gasteiger partial charge on any atom is -0.469 e. The molecule has 2 N–H and O–H groups in total. The Morgan fingerprint density at radius 3 is 2.74 bits per heavy atom. The second kappa shape index (κ2) is 5.47. The summed E-state index contributed by atoms with van der Waals surface area (Å²) in [5.41, 5.74) is 6.81. The molecule has 2 saturated carbocycles. The Labute approximate surface area is 142 Å². The number of carbonyl (C=O) groups excluding carboxylic acids is 1. The Morgan fingerprint density at radius 1 is 1.39 bits per heavy atom. The molecule has 2 fully saturated rings. The molecule has 0 radical (unpaired) electrons. The summed E-state index contributed by atoms with van der Waals surface area (Å²) in [5, 5.41) is 0. The van der Waals surface area contributed by atoms with Crippen molar-refractivity contribution < 1.29 is 9.53 Å². The molecule has 7 heteroatoms. The van der Waals surface area contributed by atoms with Gasteiger partial charge in [0, 0.05) is 18.3 Å². The Hall–Kier alpha value is -1.63. The van der Waals surface area contributed by atoms with Crippen LogP contribution in [-0.2, 0) is 9.53 Å². The molecule has 2 aliphatic rings. The quantitative estimate of drug-likeness (QED) is 0.812. The smallest absolute Gasteiger partial charge is 0.309 e. The van der Waals surface area contributed by atoms with E-state index >= 15 is 0 Å². The van der Waals surface area contributed by atoms with Crippen LogP contribution in [0.4, 0.5) is 5.82 Å². The maximum Gasteiger partial charge on any atom is 0.309 e. The van der Waals surface area contributed by atoms with Gasteiger partial charge in [-0.3, -0.25) is 9.20 Å². The van der Waals surface area contributed by atoms with E-state index < -0.39 is 0 Å². The van der Waals surface area contributed by atoms with E-state index in [2.05, 4.69) is 20.9 Å². The summed E-state index contributed by atoms with van der Waals surface area (Å²) in [6, 6.07) is 0. The monoisotopic (exact) mass is 378 g/mol. The van der Waals surface area contributed by atoms with E-state index in [1.807, 2.05) is 10.6 Å². The van der Waals surface area contributed by atoms with Crippen LogP contribution in [0.3, 0.4) is 0 Å². The van der Waals surface area contributed by atoms with Gasteiger partial charge in [0.05, 0.1) is 13.0 Å². The van der Waals surface area contributed by atoms with Crippen LogP contribution in [-0.4, -0.2) is 27.4 Å². The number of nitrogens with zero attached hydrogens (tertiary/aromatic N) is 3. The summed E-state index contributed by atoms with van der Waals surface area (Å²) in [6.07, 6.45) is 7.78. The average Bonchev–Trinajstić information content (AvgIpc) is 3.02. The summed E-state index contributed by atoms with van der Waals surface area (Å²) >= 11 is 3.50. The second-order valence-corrected chi connectivity index (χ2v) is 7.36. The third-order valence-electron chi connectivity index (χ3n) is 5.50. The number of imidazole rings is 1. The molecule has 2 heterocycles. The van der Waals surface area contributed by atoms with Gasteiger partial charge in [0.15, 0.2) is 5.82 Å². The lowest BCUT2D eigenvalue weighted by Crippen LogP contribution is -2.32. The summed E-state index contributed by atoms with van der Waals surface area (Å²) < 4.78 is 7.78. The zero-order valence-corrected chi connectivity index (χ0v) is 14.5. The molecule has 2 atom stereocenters. The zero-order chi connectivity index (χ0) is 16.1. The first kappa shape index (κ1) is 14.9. The average molecular weight is 379 g/mol. The summed E-state index contributed by atoms with van der Waals surface area (Å²) in [7, 11) is 1.49. The molecule has 0 amide bonds. The molecule has 0 saturated heterocycles. The van der Waals surface area contributed by atoms with Gasteiger partial charge in [-0.25, -0.2) is 9.97 Å². The molecule has 23 heavy (non-hydrogen) atoms. The number of fused-ring (bicyclic) bond motifs is 3. The Morgan fingerprint density at radius 2 is 2.09 bits per heavy atom. The third-order valence-corrected chi connectivity index (χ3v) is 6.06. The van der Waals surface area contributed by atoms with E-state index in [9.17, 15) is 4.79 Å². The van der Waals surface area contributed by atoms with Crippen molar-refractivity contribution in [2.24, 2.45) is 17.8 Å². The van der Waals surface area contributed by atoms with Gasteiger partial charge in [-0.15, -0.1) is 0 Å². The number of anilines is 1. The molecule has 0 aromatic carbocycles. The Bertz CT molecular complexity index is 761. The highest BCUT2D eigenvalue weighted by Gasteiger charge is 2.48. The molecule has 2 bridgehead atoms. The van der Waals surface area contributed by atoms with E-state index in [0.717, 1.165) is 41.6 Å². The standard InChI is InChI=1S/C16H19BrN4O2/c1-23-16(22)11-8-2-3-9(11)7-10(6-8)15-20-13(17)12-14(18)19-4-5-21(12)15/h4-5,8-11H,2-3,6-7H2,1H3,(H2,18,19). The maximum atomic E-state index is 12.1. The van der Waals surface area contributed by atoms with Gasteiger partial charge in [-0.2, -0.15) is 0 Å². The van der Waals surface area contributed by atoms with Crippen LogP contribution >= 0.6 is 15.9 Å². The van der Waals surface area contributed by atoms with Crippen molar-refractivity contribution in [3.05, 3.63) is 22.8 Å². The van der Waals surface area contributed by atoms with Crippen molar-refractivity contribution in [3.8, 4) is 0 Å². The van der Waals surface area contributed by atoms with E-state index in [0.29, 0.717) is 23.6 Å². The molecule has 2 aliphatic carbocycles. The van der Waals surface area contributed by atoms with Gasteiger partial charge >= 0.3 is 5.97 Å². The van der Waals surface area contributed by atoms with Crippen LogP contribution in [0.5, 0.6) is 0 Å². The molecule has 2 unspecified atom stereocenters. The van der Waals surface area contributed by atoms with Crippen LogP contribution < -0.4 is 5.73 Å². The second-order valence-electron chi connectivity index (χ2n) is 6.61. The number of nitrogens with two attached hydrogens (primary N) is 1. The van der Waals surface area contributed by atoms with Crippen molar-refractivity contribution in [2.75, 3.05) is 12.8 Å². The lowest BCUT2D eigenvalue weighted by atomic mass is 9.73. The first-order valence-electron chi connectivity index (χ1n) is 7.96. The lowest BCUT2D eigenvalue weighted by molar-refractivity contribution is -0.149. The van der Waals surface area contributed by atoms with Gasteiger partial charge in [-0.05, 0) is 53.4 Å². The van der Waals surface area contributed by atoms with E-state index in [1.54, 1.807) is 6.20 Å². The molecule has 0 aliphatic heterocycles. The van der Waals surface area contributed by atoms with Crippen LogP contribution in [0, 0.1) is 17.8 Å². The predicted octanol–water partition coefficient (Wildman–Crippen LogP) is 2.77. The first-order valence-corrected chi connectivity index (χ1v) is 8.75. The fourth-order valence-electron chi connectivity index (χ4n) is 4.59. The van der Waals surface area contributed by atoms with Gasteiger partial charge in [-0.1, -0.05) is 0 Å². The molecular formula is C16H19BrN4O2. The molecule has 122 valence electrons. The van der Waals surface area contributed by atoms with Crippen LogP contribution in [0.25, 0.3) is 5.52 Å². The highest BCUT2D eigenvalue weighted by molar-refractivity contribution is 9.10. The fraction of sp³-hybridized carbons (Fsp3) is 0.562. The first-order chi connectivity index (χ1) is 11.1. The Balaban J connectivity index is 1.69. The predicted molar refractivity (Wildman–Crippen MR) is 88.8 cm³/mol. The number of carbonyl (C=O) groups is 1.